The number of hydrogen-bond acceptors (Lipinski definition) is 6. The van der Waals surface area contributed by atoms with Crippen LogP contribution in [0.5, 0.6) is 11.5 Å². The average molecular weight is 431 g/mol. The molecule has 0 spiro atoms. The summed E-state index contributed by atoms with van der Waals surface area (Å²) >= 11 is 7.91. The van der Waals surface area contributed by atoms with Gasteiger partial charge in [-0.05, 0) is 18.2 Å². The minimum absolute atomic E-state index is 0.129. The molecule has 4 aromatic rings. The van der Waals surface area contributed by atoms with Gasteiger partial charge in [-0.25, -0.2) is 9.37 Å². The van der Waals surface area contributed by atoms with Crippen molar-refractivity contribution in [3.8, 4) is 22.1 Å². The molecule has 0 aliphatic carbocycles. The molecule has 2 atom stereocenters. The molecule has 1 aliphatic heterocycles. The highest BCUT2D eigenvalue weighted by molar-refractivity contribution is 7.21. The zero-order valence-electron chi connectivity index (χ0n) is 15.6. The van der Waals surface area contributed by atoms with Crippen LogP contribution in [0, 0.1) is 5.82 Å². The first-order valence-electron chi connectivity index (χ1n) is 9.04. The maximum absolute atomic E-state index is 14.6. The van der Waals surface area contributed by atoms with Gasteiger partial charge in [0.15, 0.2) is 11.6 Å². The van der Waals surface area contributed by atoms with Crippen LogP contribution in [0.1, 0.15) is 18.4 Å². The molecular formula is C21H16ClFN2O3S. The van der Waals surface area contributed by atoms with Crippen LogP contribution < -0.4 is 9.47 Å². The number of ether oxygens (including phenoxy) is 2. The number of aromatic nitrogens is 2. The van der Waals surface area contributed by atoms with Crippen molar-refractivity contribution in [3.63, 3.8) is 0 Å². The SMILES string of the molecule is COc1cnc2c(Cl)cc(-c3nc4cc(F)c5c(c4s3)[C@H](C)[C@@H](CO)O5)cc2c1. The Morgan fingerprint density at radius 3 is 2.90 bits per heavy atom. The highest BCUT2D eigenvalue weighted by Gasteiger charge is 2.35. The first kappa shape index (κ1) is 18.5. The van der Waals surface area contributed by atoms with Gasteiger partial charge in [0.2, 0.25) is 0 Å². The molecule has 5 nitrogen and oxygen atoms in total. The second-order valence-corrected chi connectivity index (χ2v) is 8.41. The molecule has 148 valence electrons. The fourth-order valence-electron chi connectivity index (χ4n) is 3.75. The fourth-order valence-corrected chi connectivity index (χ4v) is 5.20. The first-order valence-corrected chi connectivity index (χ1v) is 10.2. The Morgan fingerprint density at radius 1 is 1.31 bits per heavy atom. The van der Waals surface area contributed by atoms with Crippen LogP contribution in [0.15, 0.2) is 30.5 Å². The summed E-state index contributed by atoms with van der Waals surface area (Å²) in [6, 6.07) is 7.01. The van der Waals surface area contributed by atoms with E-state index in [2.05, 4.69) is 9.97 Å². The number of methoxy groups -OCH3 is 1. The quantitative estimate of drug-likeness (QED) is 0.485. The fraction of sp³-hybridized carbons (Fsp3) is 0.238. The monoisotopic (exact) mass is 430 g/mol. The number of aliphatic hydroxyl groups is 1. The van der Waals surface area contributed by atoms with Crippen molar-refractivity contribution in [2.45, 2.75) is 18.9 Å². The Balaban J connectivity index is 1.70. The first-order chi connectivity index (χ1) is 14.0. The van der Waals surface area contributed by atoms with Gasteiger partial charge < -0.3 is 14.6 Å². The molecule has 1 N–H and O–H groups in total. The minimum atomic E-state index is -0.461. The lowest BCUT2D eigenvalue weighted by atomic mass is 9.97. The summed E-state index contributed by atoms with van der Waals surface area (Å²) in [6.45, 7) is 1.76. The molecule has 2 aromatic heterocycles. The second-order valence-electron chi connectivity index (χ2n) is 7.00. The third-order valence-corrected chi connectivity index (χ3v) is 6.72. The minimum Gasteiger partial charge on any atom is -0.495 e. The van der Waals surface area contributed by atoms with E-state index in [0.29, 0.717) is 21.8 Å². The number of hydrogen-bond donors (Lipinski definition) is 1. The van der Waals surface area contributed by atoms with Gasteiger partial charge in [0.25, 0.3) is 0 Å². The van der Waals surface area contributed by atoms with E-state index < -0.39 is 11.9 Å². The lowest BCUT2D eigenvalue weighted by molar-refractivity contribution is 0.117. The van der Waals surface area contributed by atoms with Crippen LogP contribution in [-0.4, -0.2) is 34.9 Å². The Kier molecular flexibility index (Phi) is 4.34. The molecular weight excluding hydrogens is 415 g/mol. The molecule has 0 saturated carbocycles. The maximum atomic E-state index is 14.6. The highest BCUT2D eigenvalue weighted by Crippen LogP contribution is 2.47. The molecule has 0 fully saturated rings. The van der Waals surface area contributed by atoms with Crippen molar-refractivity contribution < 1.29 is 19.0 Å². The van der Waals surface area contributed by atoms with Crippen LogP contribution in [0.25, 0.3) is 31.7 Å². The molecule has 29 heavy (non-hydrogen) atoms. The third-order valence-electron chi connectivity index (χ3n) is 5.28. The van der Waals surface area contributed by atoms with E-state index in [9.17, 15) is 9.50 Å². The number of rotatable bonds is 3. The van der Waals surface area contributed by atoms with E-state index in [0.717, 1.165) is 26.2 Å². The molecule has 0 amide bonds. The standard InChI is InChI=1S/C21H16ClFN2O3S/c1-9-16(8-26)28-19-14(23)6-15-20(17(9)19)29-21(25-15)11-3-10-4-12(27-2)7-24-18(10)13(22)5-11/h3-7,9,16,26H,8H2,1-2H3/t9-,16-/m1/s1. The van der Waals surface area contributed by atoms with Gasteiger partial charge in [-0.15, -0.1) is 11.3 Å². The van der Waals surface area contributed by atoms with Crippen LogP contribution in [0.3, 0.4) is 0 Å². The van der Waals surface area contributed by atoms with Crippen molar-refractivity contribution >= 4 is 44.1 Å². The molecule has 5 rings (SSSR count). The van der Waals surface area contributed by atoms with E-state index in [4.69, 9.17) is 21.1 Å². The van der Waals surface area contributed by atoms with E-state index in [1.807, 2.05) is 25.1 Å². The third kappa shape index (κ3) is 2.84. The molecule has 8 heteroatoms. The topological polar surface area (TPSA) is 64.5 Å². The van der Waals surface area contributed by atoms with Crippen molar-refractivity contribution in [2.24, 2.45) is 0 Å². The van der Waals surface area contributed by atoms with E-state index in [1.165, 1.54) is 17.4 Å². The molecule has 0 unspecified atom stereocenters. The Hall–Kier alpha value is -2.48. The Morgan fingerprint density at radius 2 is 2.14 bits per heavy atom. The van der Waals surface area contributed by atoms with Gasteiger partial charge >= 0.3 is 0 Å². The van der Waals surface area contributed by atoms with Gasteiger partial charge in [0.05, 0.1) is 40.7 Å². The summed E-state index contributed by atoms with van der Waals surface area (Å²) in [5.41, 5.74) is 2.82. The predicted molar refractivity (Wildman–Crippen MR) is 112 cm³/mol. The summed E-state index contributed by atoms with van der Waals surface area (Å²) in [7, 11) is 1.58. The number of halogens is 2. The van der Waals surface area contributed by atoms with Crippen molar-refractivity contribution in [2.75, 3.05) is 13.7 Å². The Labute approximate surface area is 174 Å². The van der Waals surface area contributed by atoms with E-state index >= 15 is 0 Å². The zero-order valence-corrected chi connectivity index (χ0v) is 17.1. The number of fused-ring (bicyclic) bond motifs is 4. The smallest absolute Gasteiger partial charge is 0.167 e. The summed E-state index contributed by atoms with van der Waals surface area (Å²) in [4.78, 5) is 9.00. The molecule has 0 saturated heterocycles. The van der Waals surface area contributed by atoms with Crippen molar-refractivity contribution in [1.29, 1.82) is 0 Å². The number of nitrogens with zero attached hydrogens (tertiary/aromatic N) is 2. The normalized spacial score (nSPS) is 18.2. The summed E-state index contributed by atoms with van der Waals surface area (Å²) < 4.78 is 26.3. The molecule has 3 heterocycles. The zero-order chi connectivity index (χ0) is 20.3. The summed E-state index contributed by atoms with van der Waals surface area (Å²) in [6.07, 6.45) is 1.17. The molecule has 1 aliphatic rings. The number of thiazole rings is 1. The lowest BCUT2D eigenvalue weighted by Crippen LogP contribution is -2.21. The van der Waals surface area contributed by atoms with E-state index in [1.54, 1.807) is 13.3 Å². The van der Waals surface area contributed by atoms with Gasteiger partial charge in [0, 0.05) is 28.5 Å². The molecule has 0 radical (unpaired) electrons. The van der Waals surface area contributed by atoms with Gasteiger partial charge in [-0.2, -0.15) is 0 Å². The molecule has 0 bridgehead atoms. The van der Waals surface area contributed by atoms with E-state index in [-0.39, 0.29) is 18.3 Å². The van der Waals surface area contributed by atoms with Crippen LogP contribution in [-0.2, 0) is 0 Å². The van der Waals surface area contributed by atoms with Crippen LogP contribution >= 0.6 is 22.9 Å². The Bertz CT molecular complexity index is 1280. The number of pyridine rings is 1. The number of benzene rings is 2. The maximum Gasteiger partial charge on any atom is 0.167 e. The summed E-state index contributed by atoms with van der Waals surface area (Å²) in [5, 5.41) is 11.6. The van der Waals surface area contributed by atoms with Gasteiger partial charge in [-0.1, -0.05) is 18.5 Å². The van der Waals surface area contributed by atoms with Gasteiger partial charge in [0.1, 0.15) is 16.9 Å². The average Bonchev–Trinajstić information content (AvgIpc) is 3.28. The number of aliphatic hydroxyl groups excluding tert-OH is 1. The van der Waals surface area contributed by atoms with Crippen LogP contribution in [0.4, 0.5) is 4.39 Å². The predicted octanol–water partition coefficient (Wildman–Crippen LogP) is 5.17. The summed E-state index contributed by atoms with van der Waals surface area (Å²) in [5.74, 6) is 0.258. The van der Waals surface area contributed by atoms with Crippen molar-refractivity contribution in [1.82, 2.24) is 9.97 Å². The second kappa shape index (κ2) is 6.79. The van der Waals surface area contributed by atoms with Gasteiger partial charge in [-0.3, -0.25) is 4.98 Å². The lowest BCUT2D eigenvalue weighted by Gasteiger charge is -2.10. The largest absolute Gasteiger partial charge is 0.495 e. The molecule has 2 aromatic carbocycles. The van der Waals surface area contributed by atoms with Crippen LogP contribution in [0.2, 0.25) is 5.02 Å². The van der Waals surface area contributed by atoms with Crippen molar-refractivity contribution in [3.05, 3.63) is 46.9 Å². The highest BCUT2D eigenvalue weighted by atomic mass is 35.5.